The van der Waals surface area contributed by atoms with Crippen LogP contribution in [0.15, 0.2) is 18.2 Å². The summed E-state index contributed by atoms with van der Waals surface area (Å²) < 4.78 is 75.5. The Morgan fingerprint density at radius 3 is 2.68 bits per heavy atom. The van der Waals surface area contributed by atoms with Crippen molar-refractivity contribution in [3.63, 3.8) is 0 Å². The Hall–Kier alpha value is -4.00. The minimum Gasteiger partial charge on any atom is -0.438 e. The van der Waals surface area contributed by atoms with Gasteiger partial charge in [-0.25, -0.2) is 13.6 Å². The van der Waals surface area contributed by atoms with Gasteiger partial charge in [0.25, 0.3) is 5.91 Å². The molecule has 3 N–H and O–H groups in total. The van der Waals surface area contributed by atoms with E-state index in [0.29, 0.717) is 0 Å². The van der Waals surface area contributed by atoms with Crippen molar-refractivity contribution in [3.8, 4) is 17.2 Å². The van der Waals surface area contributed by atoms with Crippen LogP contribution in [0.25, 0.3) is 32.1 Å². The van der Waals surface area contributed by atoms with E-state index in [0.717, 1.165) is 23.5 Å². The van der Waals surface area contributed by atoms with Crippen LogP contribution >= 0.6 is 22.9 Å². The second-order valence-corrected chi connectivity index (χ2v) is 10.8. The van der Waals surface area contributed by atoms with Crippen LogP contribution in [0.2, 0.25) is 5.15 Å². The quantitative estimate of drug-likeness (QED) is 0.252. The summed E-state index contributed by atoms with van der Waals surface area (Å²) >= 11 is 7.34. The minimum atomic E-state index is -5.24. The normalized spacial score (nSPS) is 19.1. The van der Waals surface area contributed by atoms with Crippen LogP contribution in [0.4, 0.5) is 27.0 Å². The van der Waals surface area contributed by atoms with Crippen LogP contribution < -0.4 is 11.1 Å². The van der Waals surface area contributed by atoms with Crippen LogP contribution in [0.3, 0.4) is 0 Å². The molecule has 16 heteroatoms. The molecule has 0 bridgehead atoms. The van der Waals surface area contributed by atoms with Crippen molar-refractivity contribution in [3.05, 3.63) is 46.1 Å². The average molecular weight is 611 g/mol. The van der Waals surface area contributed by atoms with Gasteiger partial charge in [0, 0.05) is 30.6 Å². The molecule has 4 aromatic rings. The zero-order valence-corrected chi connectivity index (χ0v) is 22.1. The lowest BCUT2D eigenvalue weighted by molar-refractivity contribution is -0.210. The van der Waals surface area contributed by atoms with Gasteiger partial charge >= 0.3 is 12.1 Å². The number of thiophene rings is 1. The number of halogens is 6. The van der Waals surface area contributed by atoms with Crippen molar-refractivity contribution < 1.29 is 36.3 Å². The predicted molar refractivity (Wildman–Crippen MR) is 138 cm³/mol. The number of alkyl halides is 3. The number of amides is 1. The molecule has 1 fully saturated rings. The van der Waals surface area contributed by atoms with E-state index in [1.165, 1.54) is 15.6 Å². The standard InChI is InChI=1S/C25H16ClF5N6O3S/c26-20-17-16(9-1-2-12(27)19-15(9)11(8-32)21(33)41-19)13(28)7-10-18(17)37(35-20)5-3-14-22(40-24(39)25(29,30)31)34-4-6-36(14)23(10)38/h1-2,7,14,22,34H,3-6,33H2. The zero-order chi connectivity index (χ0) is 29.4. The summed E-state index contributed by atoms with van der Waals surface area (Å²) in [6, 6.07) is 4.25. The second-order valence-electron chi connectivity index (χ2n) is 9.40. The number of hydrogen-bond acceptors (Lipinski definition) is 8. The number of nitriles is 1. The molecule has 1 saturated heterocycles. The molecule has 2 atom stereocenters. The maximum atomic E-state index is 16.1. The Morgan fingerprint density at radius 1 is 1.22 bits per heavy atom. The van der Waals surface area contributed by atoms with Gasteiger partial charge in [-0.1, -0.05) is 17.7 Å². The van der Waals surface area contributed by atoms with Gasteiger partial charge in [0.15, 0.2) is 11.4 Å². The van der Waals surface area contributed by atoms with E-state index in [4.69, 9.17) is 17.3 Å². The molecule has 41 heavy (non-hydrogen) atoms. The first-order valence-electron chi connectivity index (χ1n) is 12.0. The molecule has 4 heterocycles. The van der Waals surface area contributed by atoms with Crippen LogP contribution in [-0.2, 0) is 16.1 Å². The first-order chi connectivity index (χ1) is 19.4. The molecule has 212 valence electrons. The summed E-state index contributed by atoms with van der Waals surface area (Å²) in [5.41, 5.74) is 5.88. The number of hydrogen-bond donors (Lipinski definition) is 2. The number of anilines is 1. The smallest absolute Gasteiger partial charge is 0.438 e. The van der Waals surface area contributed by atoms with E-state index in [2.05, 4.69) is 15.2 Å². The third-order valence-corrected chi connectivity index (χ3v) is 8.46. The first kappa shape index (κ1) is 27.2. The van der Waals surface area contributed by atoms with Crippen molar-refractivity contribution in [1.82, 2.24) is 20.0 Å². The summed E-state index contributed by atoms with van der Waals surface area (Å²) in [6.45, 7) is 0.0472. The van der Waals surface area contributed by atoms with Gasteiger partial charge in [-0.15, -0.1) is 11.3 Å². The highest BCUT2D eigenvalue weighted by atomic mass is 35.5. The largest absolute Gasteiger partial charge is 0.490 e. The average Bonchev–Trinajstić information content (AvgIpc) is 3.43. The highest BCUT2D eigenvalue weighted by molar-refractivity contribution is 7.23. The van der Waals surface area contributed by atoms with Crippen molar-refractivity contribution >= 4 is 60.8 Å². The van der Waals surface area contributed by atoms with Gasteiger partial charge in [0.05, 0.1) is 32.8 Å². The maximum Gasteiger partial charge on any atom is 0.490 e. The van der Waals surface area contributed by atoms with E-state index in [1.807, 2.05) is 6.07 Å². The number of nitrogens with one attached hydrogen (secondary N) is 1. The number of ether oxygens (including phenoxy) is 1. The lowest BCUT2D eigenvalue weighted by Crippen LogP contribution is -2.62. The number of rotatable bonds is 2. The highest BCUT2D eigenvalue weighted by Crippen LogP contribution is 2.46. The van der Waals surface area contributed by atoms with Gasteiger partial charge in [-0.05, 0) is 24.1 Å². The van der Waals surface area contributed by atoms with E-state index < -0.39 is 42.0 Å². The number of piperazine rings is 1. The number of nitrogen functional groups attached to an aromatic ring is 1. The first-order valence-corrected chi connectivity index (χ1v) is 13.2. The van der Waals surface area contributed by atoms with Crippen molar-refractivity contribution in [1.29, 1.82) is 5.26 Å². The number of carbonyl (C=O) groups excluding carboxylic acids is 2. The summed E-state index contributed by atoms with van der Waals surface area (Å²) in [5.74, 6) is -4.74. The van der Waals surface area contributed by atoms with E-state index in [-0.39, 0.29) is 79.5 Å². The molecule has 0 spiro atoms. The fourth-order valence-corrected chi connectivity index (χ4v) is 6.70. The third-order valence-electron chi connectivity index (χ3n) is 7.17. The van der Waals surface area contributed by atoms with Gasteiger partial charge in [-0.2, -0.15) is 23.5 Å². The number of esters is 1. The van der Waals surface area contributed by atoms with Crippen LogP contribution in [0, 0.1) is 23.0 Å². The lowest BCUT2D eigenvalue weighted by atomic mass is 9.93. The second kappa shape index (κ2) is 9.54. The number of nitrogens with zero attached hydrogens (tertiary/aromatic N) is 4. The molecule has 2 aromatic heterocycles. The van der Waals surface area contributed by atoms with Gasteiger partial charge in [-0.3, -0.25) is 14.8 Å². The molecule has 9 nitrogen and oxygen atoms in total. The monoisotopic (exact) mass is 610 g/mol. The Bertz CT molecular complexity index is 1830. The number of carbonyl (C=O) groups is 2. The molecule has 2 aliphatic heterocycles. The third kappa shape index (κ3) is 4.16. The maximum absolute atomic E-state index is 16.1. The van der Waals surface area contributed by atoms with Gasteiger partial charge < -0.3 is 15.4 Å². The molecule has 1 amide bonds. The van der Waals surface area contributed by atoms with Crippen LogP contribution in [-0.4, -0.2) is 58.1 Å². The molecule has 2 aliphatic rings. The molecular weight excluding hydrogens is 595 g/mol. The Labute approximate surface area is 235 Å². The predicted octanol–water partition coefficient (Wildman–Crippen LogP) is 4.55. The van der Waals surface area contributed by atoms with E-state index >= 15 is 4.39 Å². The Kier molecular flexibility index (Phi) is 6.32. The number of nitrogens with two attached hydrogens (primary N) is 1. The lowest BCUT2D eigenvalue weighted by Gasteiger charge is -2.42. The van der Waals surface area contributed by atoms with E-state index in [1.54, 1.807) is 0 Å². The molecule has 0 aliphatic carbocycles. The molecule has 2 aromatic carbocycles. The summed E-state index contributed by atoms with van der Waals surface area (Å²) in [5, 5.41) is 16.6. The topological polar surface area (TPSA) is 126 Å². The fourth-order valence-electron chi connectivity index (χ4n) is 5.48. The molecule has 0 radical (unpaired) electrons. The number of benzene rings is 2. The zero-order valence-electron chi connectivity index (χ0n) is 20.5. The summed E-state index contributed by atoms with van der Waals surface area (Å²) in [4.78, 5) is 26.6. The van der Waals surface area contributed by atoms with Crippen LogP contribution in [0.5, 0.6) is 0 Å². The summed E-state index contributed by atoms with van der Waals surface area (Å²) in [6.07, 6.45) is -6.71. The minimum absolute atomic E-state index is 0.00512. The number of aromatic nitrogens is 2. The number of fused-ring (bicyclic) bond motifs is 2. The molecule has 2 unspecified atom stereocenters. The van der Waals surface area contributed by atoms with Crippen LogP contribution in [0.1, 0.15) is 22.3 Å². The SMILES string of the molecule is N#Cc1c(N)sc2c(F)ccc(-c3c(F)cc4c5c3c(Cl)nn5CCC3C(OC(=O)C(F)(F)F)NCCN3C4=O)c12. The Balaban J connectivity index is 1.53. The van der Waals surface area contributed by atoms with Crippen molar-refractivity contribution in [2.24, 2.45) is 0 Å². The molecule has 0 saturated carbocycles. The van der Waals surface area contributed by atoms with Crippen molar-refractivity contribution in [2.75, 3.05) is 18.8 Å². The summed E-state index contributed by atoms with van der Waals surface area (Å²) in [7, 11) is 0. The van der Waals surface area contributed by atoms with Gasteiger partial charge in [0.1, 0.15) is 22.7 Å². The fraction of sp³-hybridized carbons (Fsp3) is 0.280. The molecule has 6 rings (SSSR count). The van der Waals surface area contributed by atoms with Gasteiger partial charge in [0.2, 0.25) is 0 Å². The van der Waals surface area contributed by atoms with Crippen molar-refractivity contribution in [2.45, 2.75) is 31.4 Å². The highest BCUT2D eigenvalue weighted by Gasteiger charge is 2.46. The molecular formula is C25H16ClF5N6O3S. The Morgan fingerprint density at radius 2 is 1.98 bits per heavy atom. The van der Waals surface area contributed by atoms with E-state index in [9.17, 15) is 32.4 Å². The number of aryl methyl sites for hydroxylation is 1.